The SMILES string of the molecule is COc1ccc2cc1Oc1ccc(cc1)C[C@H]1c3c(cc(OC)c4c3Oc3c(cc5c(c3OC)C(=NCC5)C2)O4)CCN1C. The van der Waals surface area contributed by atoms with Gasteiger partial charge in [-0.3, -0.25) is 9.89 Å². The Balaban J connectivity index is 1.36. The molecule has 5 aliphatic heterocycles. The highest BCUT2D eigenvalue weighted by molar-refractivity contribution is 6.07. The number of nitrogens with zero attached hydrogens (tertiary/aromatic N) is 2. The zero-order valence-electron chi connectivity index (χ0n) is 25.4. The molecular weight excluding hydrogens is 556 g/mol. The number of hydrogen-bond donors (Lipinski definition) is 0. The summed E-state index contributed by atoms with van der Waals surface area (Å²) in [6.07, 6.45) is 3.04. The molecule has 1 atom stereocenters. The predicted octanol–water partition coefficient (Wildman–Crippen LogP) is 7.08. The Hall–Kier alpha value is -4.69. The van der Waals surface area contributed by atoms with Crippen molar-refractivity contribution in [3.05, 3.63) is 88.0 Å². The average Bonchev–Trinajstić information content (AvgIpc) is 3.04. The minimum Gasteiger partial charge on any atom is -0.493 e. The lowest BCUT2D eigenvalue weighted by atomic mass is 9.87. The fourth-order valence-electron chi connectivity index (χ4n) is 6.98. The van der Waals surface area contributed by atoms with Gasteiger partial charge in [-0.15, -0.1) is 0 Å². The van der Waals surface area contributed by atoms with Gasteiger partial charge in [-0.2, -0.15) is 0 Å². The summed E-state index contributed by atoms with van der Waals surface area (Å²) in [7, 11) is 7.20. The van der Waals surface area contributed by atoms with Crippen molar-refractivity contribution >= 4 is 5.71 Å². The number of fused-ring (bicyclic) bond motifs is 2. The van der Waals surface area contributed by atoms with E-state index in [0.29, 0.717) is 59.0 Å². The van der Waals surface area contributed by atoms with Crippen LogP contribution in [0.1, 0.15) is 39.4 Å². The Morgan fingerprint density at radius 2 is 1.57 bits per heavy atom. The first-order valence-electron chi connectivity index (χ1n) is 15.1. The van der Waals surface area contributed by atoms with Crippen molar-refractivity contribution in [2.24, 2.45) is 4.99 Å². The Morgan fingerprint density at radius 3 is 2.36 bits per heavy atom. The summed E-state index contributed by atoms with van der Waals surface area (Å²) in [5, 5.41) is 0. The highest BCUT2D eigenvalue weighted by atomic mass is 16.6. The van der Waals surface area contributed by atoms with Gasteiger partial charge in [0.15, 0.2) is 34.5 Å². The smallest absolute Gasteiger partial charge is 0.212 e. The van der Waals surface area contributed by atoms with Gasteiger partial charge in [0.25, 0.3) is 0 Å². The molecule has 7 bridgehead atoms. The molecule has 0 radical (unpaired) electrons. The number of hydrogen-bond acceptors (Lipinski definition) is 8. The highest BCUT2D eigenvalue weighted by Crippen LogP contribution is 2.59. The molecule has 5 aliphatic rings. The fourth-order valence-corrected chi connectivity index (χ4v) is 6.98. The van der Waals surface area contributed by atoms with Crippen molar-refractivity contribution in [1.29, 1.82) is 0 Å². The van der Waals surface area contributed by atoms with Gasteiger partial charge in [0.05, 0.1) is 27.0 Å². The van der Waals surface area contributed by atoms with Crippen LogP contribution in [0.3, 0.4) is 0 Å². The van der Waals surface area contributed by atoms with Crippen molar-refractivity contribution in [1.82, 2.24) is 4.90 Å². The second-order valence-electron chi connectivity index (χ2n) is 11.7. The molecule has 0 amide bonds. The topological polar surface area (TPSA) is 71.0 Å². The Kier molecular flexibility index (Phi) is 6.41. The Bertz CT molecular complexity index is 1830. The predicted molar refractivity (Wildman–Crippen MR) is 167 cm³/mol. The molecule has 0 saturated carbocycles. The summed E-state index contributed by atoms with van der Waals surface area (Å²) in [6, 6.07) is 18.6. The molecule has 9 rings (SSSR count). The summed E-state index contributed by atoms with van der Waals surface area (Å²) < 4.78 is 37.7. The molecule has 44 heavy (non-hydrogen) atoms. The normalized spacial score (nSPS) is 17.8. The van der Waals surface area contributed by atoms with Crippen molar-refractivity contribution in [3.63, 3.8) is 0 Å². The molecule has 8 nitrogen and oxygen atoms in total. The molecule has 0 aromatic heterocycles. The summed E-state index contributed by atoms with van der Waals surface area (Å²) in [6.45, 7) is 1.60. The molecule has 0 unspecified atom stereocenters. The summed E-state index contributed by atoms with van der Waals surface area (Å²) in [5.74, 6) is 5.89. The van der Waals surface area contributed by atoms with Crippen LogP contribution in [0.2, 0.25) is 0 Å². The largest absolute Gasteiger partial charge is 0.493 e. The molecular formula is C36H34N2O6. The molecule has 0 spiro atoms. The standard InChI is InChI=1S/C36H34N2O6/c1-38-14-12-23-18-29(40-3)33-36-32(23)26(38)16-20-5-8-24(9-6-20)42-28-17-21(7-10-27(28)39-2)15-25-31-22(11-13-37-25)19-30(43-33)34(44-36)35(31)41-4/h5-10,17-19,26H,11-16H2,1-4H3/t26-/m0/s1. The minimum atomic E-state index is 0.0618. The first-order chi connectivity index (χ1) is 21.5. The van der Waals surface area contributed by atoms with Crippen molar-refractivity contribution < 1.29 is 28.4 Å². The number of ether oxygens (including phenoxy) is 6. The molecule has 0 aliphatic carbocycles. The lowest BCUT2D eigenvalue weighted by Gasteiger charge is -2.38. The van der Waals surface area contributed by atoms with Gasteiger partial charge < -0.3 is 28.4 Å². The second kappa shape index (κ2) is 10.5. The summed E-state index contributed by atoms with van der Waals surface area (Å²) in [5.41, 5.74) is 7.59. The van der Waals surface area contributed by atoms with Gasteiger partial charge in [-0.25, -0.2) is 0 Å². The zero-order chi connectivity index (χ0) is 29.9. The Labute approximate surface area is 256 Å². The summed E-state index contributed by atoms with van der Waals surface area (Å²) in [4.78, 5) is 7.38. The van der Waals surface area contributed by atoms with Gasteiger partial charge in [0, 0.05) is 36.7 Å². The van der Waals surface area contributed by atoms with E-state index >= 15 is 0 Å². The van der Waals surface area contributed by atoms with Gasteiger partial charge in [0.1, 0.15) is 5.75 Å². The third kappa shape index (κ3) is 4.27. The van der Waals surface area contributed by atoms with Crippen molar-refractivity contribution in [2.45, 2.75) is 31.7 Å². The molecule has 8 heteroatoms. The third-order valence-corrected chi connectivity index (χ3v) is 9.20. The van der Waals surface area contributed by atoms with Gasteiger partial charge in [-0.05, 0) is 85.0 Å². The van der Waals surface area contributed by atoms with Crippen LogP contribution in [0.4, 0.5) is 0 Å². The molecule has 224 valence electrons. The maximum Gasteiger partial charge on any atom is 0.212 e. The van der Waals surface area contributed by atoms with Crippen LogP contribution < -0.4 is 28.4 Å². The number of benzene rings is 4. The number of likely N-dealkylation sites (N-methyl/N-ethyl adjacent to an activating group) is 1. The highest BCUT2D eigenvalue weighted by Gasteiger charge is 2.38. The van der Waals surface area contributed by atoms with E-state index in [1.54, 1.807) is 21.3 Å². The number of aliphatic imine (C=N–C) groups is 1. The lowest BCUT2D eigenvalue weighted by molar-refractivity contribution is 0.219. The molecule has 5 heterocycles. The van der Waals surface area contributed by atoms with E-state index in [4.69, 9.17) is 33.4 Å². The van der Waals surface area contributed by atoms with Gasteiger partial charge >= 0.3 is 0 Å². The van der Waals surface area contributed by atoms with Gasteiger partial charge in [0.2, 0.25) is 11.5 Å². The maximum absolute atomic E-state index is 6.93. The van der Waals surface area contributed by atoms with Gasteiger partial charge in [-0.1, -0.05) is 18.2 Å². The van der Waals surface area contributed by atoms with Crippen LogP contribution in [0.15, 0.2) is 59.6 Å². The quantitative estimate of drug-likeness (QED) is 0.223. The van der Waals surface area contributed by atoms with E-state index in [-0.39, 0.29) is 6.04 Å². The Morgan fingerprint density at radius 1 is 0.750 bits per heavy atom. The average molecular weight is 591 g/mol. The lowest BCUT2D eigenvalue weighted by Crippen LogP contribution is -2.34. The monoisotopic (exact) mass is 590 g/mol. The maximum atomic E-state index is 6.93. The molecule has 4 aromatic rings. The zero-order valence-corrected chi connectivity index (χ0v) is 25.4. The van der Waals surface area contributed by atoms with E-state index in [0.717, 1.165) is 59.5 Å². The van der Waals surface area contributed by atoms with E-state index in [1.807, 2.05) is 24.3 Å². The first-order valence-corrected chi connectivity index (χ1v) is 15.1. The fraction of sp³-hybridized carbons (Fsp3) is 0.306. The van der Waals surface area contributed by atoms with Crippen molar-refractivity contribution in [2.75, 3.05) is 41.5 Å². The van der Waals surface area contributed by atoms with Crippen LogP contribution in [-0.2, 0) is 25.7 Å². The van der Waals surface area contributed by atoms with Crippen LogP contribution in [0.5, 0.6) is 51.7 Å². The van der Waals surface area contributed by atoms with Crippen LogP contribution in [0, 0.1) is 0 Å². The summed E-state index contributed by atoms with van der Waals surface area (Å²) >= 11 is 0. The minimum absolute atomic E-state index is 0.0618. The molecule has 0 N–H and O–H groups in total. The first kappa shape index (κ1) is 26.9. The molecule has 0 saturated heterocycles. The second-order valence-corrected chi connectivity index (χ2v) is 11.7. The van der Waals surface area contributed by atoms with E-state index in [2.05, 4.69) is 42.3 Å². The van der Waals surface area contributed by atoms with Crippen molar-refractivity contribution in [3.8, 4) is 51.7 Å². The number of methoxy groups -OCH3 is 3. The number of rotatable bonds is 3. The van der Waals surface area contributed by atoms with E-state index < -0.39 is 0 Å². The van der Waals surface area contributed by atoms with Crippen LogP contribution >= 0.6 is 0 Å². The van der Waals surface area contributed by atoms with Crippen LogP contribution in [0.25, 0.3) is 0 Å². The van der Waals surface area contributed by atoms with E-state index in [9.17, 15) is 0 Å². The molecule has 0 fully saturated rings. The van der Waals surface area contributed by atoms with Crippen LogP contribution in [-0.4, -0.2) is 52.1 Å². The van der Waals surface area contributed by atoms with E-state index in [1.165, 1.54) is 11.1 Å². The molecule has 4 aromatic carbocycles. The third-order valence-electron chi connectivity index (χ3n) is 9.20.